The van der Waals surface area contributed by atoms with E-state index >= 15 is 0 Å². The monoisotopic (exact) mass is 249 g/mol. The van der Waals surface area contributed by atoms with E-state index in [0.29, 0.717) is 6.54 Å². The average molecular weight is 249 g/mol. The molecule has 0 unspecified atom stereocenters. The second-order valence-corrected chi connectivity index (χ2v) is 4.62. The average Bonchev–Trinajstić information content (AvgIpc) is 2.39. The molecule has 2 rings (SSSR count). The van der Waals surface area contributed by atoms with Gasteiger partial charge in [-0.2, -0.15) is 0 Å². The van der Waals surface area contributed by atoms with E-state index in [2.05, 4.69) is 4.90 Å². The van der Waals surface area contributed by atoms with Crippen LogP contribution in [0.1, 0.15) is 19.3 Å². The number of carboxylic acid groups (broad SMARTS) is 1. The van der Waals surface area contributed by atoms with Crippen molar-refractivity contribution in [2.24, 2.45) is 0 Å². The number of hydrogen-bond donors (Lipinski definition) is 1. The van der Waals surface area contributed by atoms with Crippen LogP contribution in [0.4, 0.5) is 0 Å². The molecule has 1 N–H and O–H groups in total. The summed E-state index contributed by atoms with van der Waals surface area (Å²) >= 11 is 0. The Balaban J connectivity index is 1.72. The van der Waals surface area contributed by atoms with Gasteiger partial charge in [-0.15, -0.1) is 0 Å². The van der Waals surface area contributed by atoms with Gasteiger partial charge < -0.3 is 14.7 Å². The molecule has 0 amide bonds. The molecule has 98 valence electrons. The highest BCUT2D eigenvalue weighted by molar-refractivity contribution is 5.66. The van der Waals surface area contributed by atoms with E-state index in [1.54, 1.807) is 0 Å². The predicted octanol–water partition coefficient (Wildman–Crippen LogP) is 2.00. The third kappa shape index (κ3) is 4.04. The fraction of sp³-hybridized carbons (Fsp3) is 0.500. The van der Waals surface area contributed by atoms with E-state index in [1.165, 1.54) is 0 Å². The second-order valence-electron chi connectivity index (χ2n) is 4.62. The number of likely N-dealkylation sites (tertiary alicyclic amines) is 1. The summed E-state index contributed by atoms with van der Waals surface area (Å²) in [6.07, 6.45) is 2.42. The van der Waals surface area contributed by atoms with Crippen LogP contribution in [0.15, 0.2) is 30.3 Å². The minimum absolute atomic E-state index is 0.226. The SMILES string of the molecule is O=C(O)CCN1CCC(Oc2ccccc2)CC1. The Morgan fingerprint density at radius 1 is 1.28 bits per heavy atom. The number of ether oxygens (including phenoxy) is 1. The molecule has 1 aliphatic rings. The van der Waals surface area contributed by atoms with Crippen molar-refractivity contribution in [3.8, 4) is 5.75 Å². The lowest BCUT2D eigenvalue weighted by atomic mass is 10.1. The van der Waals surface area contributed by atoms with Crippen molar-refractivity contribution in [3.63, 3.8) is 0 Å². The Morgan fingerprint density at radius 3 is 2.56 bits per heavy atom. The van der Waals surface area contributed by atoms with Gasteiger partial charge >= 0.3 is 5.97 Å². The molecular weight excluding hydrogens is 230 g/mol. The molecule has 1 fully saturated rings. The molecule has 0 saturated carbocycles. The molecule has 1 aromatic rings. The normalized spacial score (nSPS) is 17.6. The lowest BCUT2D eigenvalue weighted by molar-refractivity contribution is -0.137. The van der Waals surface area contributed by atoms with Gasteiger partial charge in [-0.05, 0) is 25.0 Å². The van der Waals surface area contributed by atoms with Gasteiger partial charge in [-0.1, -0.05) is 18.2 Å². The predicted molar refractivity (Wildman–Crippen MR) is 68.8 cm³/mol. The molecule has 0 bridgehead atoms. The van der Waals surface area contributed by atoms with Crippen LogP contribution < -0.4 is 4.74 Å². The van der Waals surface area contributed by atoms with Crippen LogP contribution in [-0.4, -0.2) is 41.7 Å². The highest BCUT2D eigenvalue weighted by Gasteiger charge is 2.20. The van der Waals surface area contributed by atoms with Gasteiger partial charge in [0.2, 0.25) is 0 Å². The Morgan fingerprint density at radius 2 is 1.94 bits per heavy atom. The number of benzene rings is 1. The van der Waals surface area contributed by atoms with Crippen molar-refractivity contribution in [2.75, 3.05) is 19.6 Å². The molecule has 1 saturated heterocycles. The minimum atomic E-state index is -0.724. The summed E-state index contributed by atoms with van der Waals surface area (Å²) in [5.74, 6) is 0.194. The van der Waals surface area contributed by atoms with Crippen molar-refractivity contribution >= 4 is 5.97 Å². The quantitative estimate of drug-likeness (QED) is 0.867. The lowest BCUT2D eigenvalue weighted by Crippen LogP contribution is -2.39. The van der Waals surface area contributed by atoms with Gasteiger partial charge in [0.05, 0.1) is 6.42 Å². The van der Waals surface area contributed by atoms with Crippen molar-refractivity contribution in [3.05, 3.63) is 30.3 Å². The van der Waals surface area contributed by atoms with Crippen molar-refractivity contribution < 1.29 is 14.6 Å². The molecule has 0 spiro atoms. The number of piperidine rings is 1. The fourth-order valence-corrected chi connectivity index (χ4v) is 2.20. The summed E-state index contributed by atoms with van der Waals surface area (Å²) < 4.78 is 5.89. The van der Waals surface area contributed by atoms with Crippen molar-refractivity contribution in [2.45, 2.75) is 25.4 Å². The van der Waals surface area contributed by atoms with E-state index in [-0.39, 0.29) is 12.5 Å². The Labute approximate surface area is 107 Å². The molecule has 0 aliphatic carbocycles. The zero-order valence-electron chi connectivity index (χ0n) is 10.4. The van der Waals surface area contributed by atoms with Gasteiger partial charge in [-0.25, -0.2) is 0 Å². The van der Waals surface area contributed by atoms with E-state index in [4.69, 9.17) is 9.84 Å². The van der Waals surface area contributed by atoms with Gasteiger partial charge in [0, 0.05) is 19.6 Å². The number of carboxylic acids is 1. The van der Waals surface area contributed by atoms with E-state index in [9.17, 15) is 4.79 Å². The van der Waals surface area contributed by atoms with Crippen molar-refractivity contribution in [1.29, 1.82) is 0 Å². The first-order valence-electron chi connectivity index (χ1n) is 6.40. The van der Waals surface area contributed by atoms with Crippen LogP contribution in [0.3, 0.4) is 0 Å². The highest BCUT2D eigenvalue weighted by Crippen LogP contribution is 2.18. The van der Waals surface area contributed by atoms with Crippen LogP contribution in [0.5, 0.6) is 5.75 Å². The number of aliphatic carboxylic acids is 1. The first-order chi connectivity index (χ1) is 8.74. The highest BCUT2D eigenvalue weighted by atomic mass is 16.5. The summed E-state index contributed by atoms with van der Waals surface area (Å²) in [6.45, 7) is 2.49. The van der Waals surface area contributed by atoms with Gasteiger partial charge in [0.1, 0.15) is 11.9 Å². The van der Waals surface area contributed by atoms with Crippen LogP contribution >= 0.6 is 0 Å². The molecule has 4 heteroatoms. The Bertz CT molecular complexity index is 372. The molecule has 18 heavy (non-hydrogen) atoms. The van der Waals surface area contributed by atoms with Gasteiger partial charge in [-0.3, -0.25) is 4.79 Å². The number of hydrogen-bond acceptors (Lipinski definition) is 3. The van der Waals surface area contributed by atoms with Crippen LogP contribution in [0.2, 0.25) is 0 Å². The molecule has 1 heterocycles. The summed E-state index contributed by atoms with van der Waals surface area (Å²) in [6, 6.07) is 9.85. The maximum absolute atomic E-state index is 10.5. The smallest absolute Gasteiger partial charge is 0.304 e. The van der Waals surface area contributed by atoms with Crippen LogP contribution in [0.25, 0.3) is 0 Å². The molecule has 0 aromatic heterocycles. The molecule has 0 radical (unpaired) electrons. The maximum atomic E-state index is 10.5. The molecule has 4 nitrogen and oxygen atoms in total. The Hall–Kier alpha value is -1.55. The summed E-state index contributed by atoms with van der Waals surface area (Å²) in [7, 11) is 0. The second kappa shape index (κ2) is 6.40. The lowest BCUT2D eigenvalue weighted by Gasteiger charge is -2.31. The Kier molecular flexibility index (Phi) is 4.59. The number of rotatable bonds is 5. The van der Waals surface area contributed by atoms with Crippen LogP contribution in [0, 0.1) is 0 Å². The summed E-state index contributed by atoms with van der Waals surface area (Å²) in [4.78, 5) is 12.7. The number of carbonyl (C=O) groups is 1. The number of para-hydroxylation sites is 1. The third-order valence-corrected chi connectivity index (χ3v) is 3.22. The summed E-state index contributed by atoms with van der Waals surface area (Å²) in [5.41, 5.74) is 0. The maximum Gasteiger partial charge on any atom is 0.304 e. The molecule has 1 aliphatic heterocycles. The molecule has 0 atom stereocenters. The first kappa shape index (κ1) is 12.9. The van der Waals surface area contributed by atoms with Crippen molar-refractivity contribution in [1.82, 2.24) is 4.90 Å². The molecular formula is C14H19NO3. The topological polar surface area (TPSA) is 49.8 Å². The van der Waals surface area contributed by atoms with E-state index in [1.807, 2.05) is 30.3 Å². The number of nitrogens with zero attached hydrogens (tertiary/aromatic N) is 1. The molecule has 1 aromatic carbocycles. The standard InChI is InChI=1S/C14H19NO3/c16-14(17)8-11-15-9-6-13(7-10-15)18-12-4-2-1-3-5-12/h1-5,13H,6-11H2,(H,16,17). The summed E-state index contributed by atoms with van der Waals surface area (Å²) in [5, 5.41) is 8.64. The van der Waals surface area contributed by atoms with Crippen LogP contribution in [-0.2, 0) is 4.79 Å². The zero-order valence-corrected chi connectivity index (χ0v) is 10.4. The third-order valence-electron chi connectivity index (χ3n) is 3.22. The van der Waals surface area contributed by atoms with E-state index in [0.717, 1.165) is 31.7 Å². The van der Waals surface area contributed by atoms with Gasteiger partial charge in [0.25, 0.3) is 0 Å². The minimum Gasteiger partial charge on any atom is -0.490 e. The largest absolute Gasteiger partial charge is 0.490 e. The first-order valence-corrected chi connectivity index (χ1v) is 6.40. The van der Waals surface area contributed by atoms with Gasteiger partial charge in [0.15, 0.2) is 0 Å². The fourth-order valence-electron chi connectivity index (χ4n) is 2.20. The zero-order chi connectivity index (χ0) is 12.8. The van der Waals surface area contributed by atoms with E-state index < -0.39 is 5.97 Å².